The summed E-state index contributed by atoms with van der Waals surface area (Å²) in [7, 11) is 0. The topological polar surface area (TPSA) is 39.4 Å². The molecule has 2 atom stereocenters. The molecular weight excluding hydrogens is 330 g/mol. The standard InChI is InChI=1S/C10H7N3.2H3P.Pd/c1-2-7-12-10(5-1)13-9-4-3-6-11-8-9;;;/h1-7H;2*1H3;/q-2;;;+2. The molecule has 16 heavy (non-hydrogen) atoms. The molecule has 6 heteroatoms. The Morgan fingerprint density at radius 1 is 1.12 bits per heavy atom. The van der Waals surface area contributed by atoms with Gasteiger partial charge in [-0.3, -0.25) is 0 Å². The van der Waals surface area contributed by atoms with Gasteiger partial charge >= 0.3 is 20.4 Å². The van der Waals surface area contributed by atoms with Crippen molar-refractivity contribution in [3.05, 3.63) is 54.4 Å². The van der Waals surface area contributed by atoms with E-state index in [1.165, 1.54) is 0 Å². The Labute approximate surface area is 115 Å². The number of rotatable bonds is 1. The Kier molecular flexibility index (Phi) is 11.0. The maximum Gasteiger partial charge on any atom is 2.00 e. The van der Waals surface area contributed by atoms with Gasteiger partial charge in [0.25, 0.3) is 0 Å². The Hall–Kier alpha value is -0.378. The SMILES string of the molecule is P.P.[Pd+2].[c-]1ncccc1N=c1cccc[n-]1. The Morgan fingerprint density at radius 3 is 2.50 bits per heavy atom. The van der Waals surface area contributed by atoms with E-state index in [0.717, 1.165) is 0 Å². The van der Waals surface area contributed by atoms with E-state index in [0.29, 0.717) is 11.2 Å². The molecule has 0 aliphatic carbocycles. The van der Waals surface area contributed by atoms with Crippen LogP contribution in [0.4, 0.5) is 5.69 Å². The van der Waals surface area contributed by atoms with E-state index in [1.54, 1.807) is 12.4 Å². The van der Waals surface area contributed by atoms with Crippen molar-refractivity contribution < 1.29 is 20.4 Å². The van der Waals surface area contributed by atoms with Gasteiger partial charge in [-0.2, -0.15) is 31.9 Å². The van der Waals surface area contributed by atoms with E-state index in [9.17, 15) is 0 Å². The van der Waals surface area contributed by atoms with Crippen LogP contribution in [-0.4, -0.2) is 4.98 Å². The Bertz CT molecular complexity index is 428. The summed E-state index contributed by atoms with van der Waals surface area (Å²) < 4.78 is 0. The second-order valence-electron chi connectivity index (χ2n) is 2.43. The van der Waals surface area contributed by atoms with Gasteiger partial charge in [-0.15, -0.1) is 5.69 Å². The minimum atomic E-state index is 0. The molecule has 3 nitrogen and oxygen atoms in total. The second-order valence-corrected chi connectivity index (χ2v) is 2.43. The average molecular weight is 344 g/mol. The summed E-state index contributed by atoms with van der Waals surface area (Å²) in [4.78, 5) is 12.1. The van der Waals surface area contributed by atoms with Crippen LogP contribution in [0.1, 0.15) is 0 Å². The first-order valence-corrected chi connectivity index (χ1v) is 3.90. The van der Waals surface area contributed by atoms with Gasteiger partial charge in [0.15, 0.2) is 0 Å². The summed E-state index contributed by atoms with van der Waals surface area (Å²) in [6.07, 6.45) is 6.13. The van der Waals surface area contributed by atoms with Crippen LogP contribution in [0, 0.1) is 6.20 Å². The van der Waals surface area contributed by atoms with E-state index in [1.807, 2.05) is 30.3 Å². The van der Waals surface area contributed by atoms with Crippen molar-refractivity contribution >= 4 is 25.5 Å². The van der Waals surface area contributed by atoms with Gasteiger partial charge in [-0.25, -0.2) is 0 Å². The van der Waals surface area contributed by atoms with Crippen LogP contribution in [0.3, 0.4) is 0 Å². The molecule has 0 fully saturated rings. The minimum absolute atomic E-state index is 0. The molecule has 0 saturated carbocycles. The number of pyridine rings is 2. The van der Waals surface area contributed by atoms with Crippen molar-refractivity contribution in [1.82, 2.24) is 9.97 Å². The Balaban J connectivity index is 0. The van der Waals surface area contributed by atoms with Crippen LogP contribution in [0.5, 0.6) is 0 Å². The molecule has 0 aliphatic heterocycles. The van der Waals surface area contributed by atoms with Gasteiger partial charge in [0.05, 0.1) is 0 Å². The van der Waals surface area contributed by atoms with Crippen LogP contribution in [0.25, 0.3) is 0 Å². The molecular formula is C10H13N3P2Pd. The fourth-order valence-electron chi connectivity index (χ4n) is 0.923. The zero-order chi connectivity index (χ0) is 8.93. The van der Waals surface area contributed by atoms with Gasteiger partial charge in [0.2, 0.25) is 0 Å². The molecule has 0 aliphatic rings. The second kappa shape index (κ2) is 9.82. The third-order valence-electron chi connectivity index (χ3n) is 1.48. The molecule has 2 aromatic rings. The van der Waals surface area contributed by atoms with E-state index in [4.69, 9.17) is 0 Å². The van der Waals surface area contributed by atoms with Gasteiger partial charge < -0.3 is 15.0 Å². The summed E-state index contributed by atoms with van der Waals surface area (Å²) in [6, 6.07) is 9.23. The minimum Gasteiger partial charge on any atom is -0.460 e. The maximum atomic E-state index is 4.21. The molecule has 0 bridgehead atoms. The number of nitrogens with zero attached hydrogens (tertiary/aromatic N) is 3. The van der Waals surface area contributed by atoms with E-state index in [2.05, 4.69) is 21.2 Å². The third kappa shape index (κ3) is 5.64. The van der Waals surface area contributed by atoms with Crippen molar-refractivity contribution in [3.8, 4) is 0 Å². The number of hydrogen-bond donors (Lipinski definition) is 0. The fraction of sp³-hybridized carbons (Fsp3) is 0. The predicted octanol–water partition coefficient (Wildman–Crippen LogP) is 1.19. The van der Waals surface area contributed by atoms with Crippen LogP contribution in [0.15, 0.2) is 47.7 Å². The molecule has 0 saturated heterocycles. The summed E-state index contributed by atoms with van der Waals surface area (Å²) in [5, 5.41) is 0. The van der Waals surface area contributed by atoms with Gasteiger partial charge in [0, 0.05) is 0 Å². The van der Waals surface area contributed by atoms with Crippen molar-refractivity contribution in [2.45, 2.75) is 0 Å². The summed E-state index contributed by atoms with van der Waals surface area (Å²) in [5.74, 6) is 0. The molecule has 2 heterocycles. The number of hydrogen-bond acceptors (Lipinski definition) is 2. The van der Waals surface area contributed by atoms with Crippen LogP contribution >= 0.6 is 19.8 Å². The maximum absolute atomic E-state index is 4.21. The third-order valence-corrected chi connectivity index (χ3v) is 1.48. The first-order chi connectivity index (χ1) is 6.45. The zero-order valence-electron chi connectivity index (χ0n) is 8.61. The number of aromatic nitrogens is 2. The van der Waals surface area contributed by atoms with Crippen LogP contribution < -0.4 is 10.5 Å². The molecule has 88 valence electrons. The quantitative estimate of drug-likeness (QED) is 0.443. The van der Waals surface area contributed by atoms with Crippen molar-refractivity contribution in [2.24, 2.45) is 4.99 Å². The monoisotopic (exact) mass is 343 g/mol. The Morgan fingerprint density at radius 2 is 1.94 bits per heavy atom. The van der Waals surface area contributed by atoms with Crippen LogP contribution in [0.2, 0.25) is 0 Å². The summed E-state index contributed by atoms with van der Waals surface area (Å²) in [5.41, 5.74) is 1.37. The first-order valence-electron chi connectivity index (χ1n) is 3.90. The van der Waals surface area contributed by atoms with E-state index >= 15 is 0 Å². The van der Waals surface area contributed by atoms with Crippen molar-refractivity contribution in [2.75, 3.05) is 0 Å². The normalized spacial score (nSPS) is 9.38. The van der Waals surface area contributed by atoms with E-state index in [-0.39, 0.29) is 40.2 Å². The summed E-state index contributed by atoms with van der Waals surface area (Å²) >= 11 is 0. The predicted molar refractivity (Wildman–Crippen MR) is 70.3 cm³/mol. The first kappa shape index (κ1) is 18.0. The molecule has 2 rings (SSSR count). The molecule has 0 radical (unpaired) electrons. The van der Waals surface area contributed by atoms with Gasteiger partial charge in [-0.05, 0) is 0 Å². The zero-order valence-corrected chi connectivity index (χ0v) is 13.0. The molecule has 2 unspecified atom stereocenters. The van der Waals surface area contributed by atoms with Gasteiger partial charge in [-0.1, -0.05) is 42.3 Å². The molecule has 0 N–H and O–H groups in total. The van der Waals surface area contributed by atoms with E-state index < -0.39 is 0 Å². The molecule has 0 aromatic carbocycles. The van der Waals surface area contributed by atoms with Crippen molar-refractivity contribution in [3.63, 3.8) is 0 Å². The largest absolute Gasteiger partial charge is 2.00 e. The summed E-state index contributed by atoms with van der Waals surface area (Å²) in [6.45, 7) is 0. The van der Waals surface area contributed by atoms with Gasteiger partial charge in [0.1, 0.15) is 0 Å². The van der Waals surface area contributed by atoms with Crippen molar-refractivity contribution in [1.29, 1.82) is 0 Å². The molecule has 2 aromatic heterocycles. The molecule has 0 spiro atoms. The average Bonchev–Trinajstić information content (AvgIpc) is 2.21. The smallest absolute Gasteiger partial charge is 0.460 e. The molecule has 0 amide bonds. The fourth-order valence-corrected chi connectivity index (χ4v) is 0.923. The van der Waals surface area contributed by atoms with Crippen LogP contribution in [-0.2, 0) is 20.4 Å².